The lowest BCUT2D eigenvalue weighted by molar-refractivity contribution is 0.580. The van der Waals surface area contributed by atoms with E-state index in [1.54, 1.807) is 24.7 Å². The normalized spacial score (nSPS) is 11.4. The number of aryl methyl sites for hydroxylation is 1. The van der Waals surface area contributed by atoms with Crippen LogP contribution in [0.15, 0.2) is 67.1 Å². The maximum Gasteiger partial charge on any atom is 0.216 e. The Kier molecular flexibility index (Phi) is 5.21. The second-order valence-electron chi connectivity index (χ2n) is 5.82. The third-order valence-corrected chi connectivity index (χ3v) is 5.06. The number of sulfonamides is 1. The summed E-state index contributed by atoms with van der Waals surface area (Å²) in [4.78, 5) is 8.38. The molecular weight excluding hydrogens is 334 g/mol. The Labute approximate surface area is 147 Å². The molecule has 128 valence electrons. The van der Waals surface area contributed by atoms with Gasteiger partial charge in [-0.3, -0.25) is 9.97 Å². The minimum absolute atomic E-state index is 0.0421. The molecule has 25 heavy (non-hydrogen) atoms. The van der Waals surface area contributed by atoms with E-state index in [2.05, 4.69) is 14.7 Å². The number of hydrogen-bond donors (Lipinski definition) is 1. The van der Waals surface area contributed by atoms with Gasteiger partial charge in [-0.05, 0) is 36.2 Å². The summed E-state index contributed by atoms with van der Waals surface area (Å²) in [6.07, 6.45) is 5.08. The summed E-state index contributed by atoms with van der Waals surface area (Å²) in [5.74, 6) is -0.0421. The van der Waals surface area contributed by atoms with Gasteiger partial charge in [0.25, 0.3) is 0 Å². The molecular formula is C19H19N3O2S. The summed E-state index contributed by atoms with van der Waals surface area (Å²) in [6, 6.07) is 14.9. The number of benzene rings is 1. The van der Waals surface area contributed by atoms with Crippen molar-refractivity contribution in [3.63, 3.8) is 0 Å². The van der Waals surface area contributed by atoms with Crippen LogP contribution in [0.4, 0.5) is 0 Å². The van der Waals surface area contributed by atoms with Crippen molar-refractivity contribution in [3.8, 4) is 11.3 Å². The van der Waals surface area contributed by atoms with Crippen molar-refractivity contribution in [2.24, 2.45) is 0 Å². The van der Waals surface area contributed by atoms with Gasteiger partial charge in [0.1, 0.15) is 0 Å². The summed E-state index contributed by atoms with van der Waals surface area (Å²) in [5.41, 5.74) is 4.29. The molecule has 0 unspecified atom stereocenters. The number of aromatic nitrogens is 2. The van der Waals surface area contributed by atoms with Crippen molar-refractivity contribution in [2.45, 2.75) is 19.2 Å². The highest BCUT2D eigenvalue weighted by Gasteiger charge is 2.13. The Balaban J connectivity index is 1.75. The van der Waals surface area contributed by atoms with Gasteiger partial charge in [-0.1, -0.05) is 35.9 Å². The molecule has 0 bridgehead atoms. The highest BCUT2D eigenvalue weighted by molar-refractivity contribution is 7.88. The second-order valence-corrected chi connectivity index (χ2v) is 7.62. The summed E-state index contributed by atoms with van der Waals surface area (Å²) in [7, 11) is -3.44. The lowest BCUT2D eigenvalue weighted by atomic mass is 10.1. The van der Waals surface area contributed by atoms with Crippen molar-refractivity contribution in [1.82, 2.24) is 14.7 Å². The van der Waals surface area contributed by atoms with Crippen LogP contribution in [0.3, 0.4) is 0 Å². The number of nitrogens with one attached hydrogen (secondary N) is 1. The largest absolute Gasteiger partial charge is 0.265 e. The van der Waals surface area contributed by atoms with Gasteiger partial charge in [-0.15, -0.1) is 0 Å². The van der Waals surface area contributed by atoms with E-state index in [4.69, 9.17) is 0 Å². The highest BCUT2D eigenvalue weighted by atomic mass is 32.2. The van der Waals surface area contributed by atoms with E-state index in [9.17, 15) is 8.42 Å². The summed E-state index contributed by atoms with van der Waals surface area (Å²) in [6.45, 7) is 2.14. The molecule has 0 fully saturated rings. The summed E-state index contributed by atoms with van der Waals surface area (Å²) < 4.78 is 27.5. The lowest BCUT2D eigenvalue weighted by Gasteiger charge is -2.11. The van der Waals surface area contributed by atoms with Gasteiger partial charge >= 0.3 is 0 Å². The van der Waals surface area contributed by atoms with E-state index in [1.807, 2.05) is 49.4 Å². The summed E-state index contributed by atoms with van der Waals surface area (Å²) in [5, 5.41) is 0. The van der Waals surface area contributed by atoms with Crippen molar-refractivity contribution < 1.29 is 8.42 Å². The van der Waals surface area contributed by atoms with Crippen molar-refractivity contribution in [3.05, 3.63) is 83.8 Å². The highest BCUT2D eigenvalue weighted by Crippen LogP contribution is 2.20. The molecule has 0 atom stereocenters. The Morgan fingerprint density at radius 2 is 1.80 bits per heavy atom. The molecule has 0 radical (unpaired) electrons. The maximum absolute atomic E-state index is 12.4. The van der Waals surface area contributed by atoms with Crippen LogP contribution >= 0.6 is 0 Å². The van der Waals surface area contributed by atoms with Crippen LogP contribution in [0.2, 0.25) is 0 Å². The molecule has 0 spiro atoms. The zero-order valence-corrected chi connectivity index (χ0v) is 14.7. The van der Waals surface area contributed by atoms with Crippen LogP contribution in [0, 0.1) is 6.92 Å². The first-order chi connectivity index (χ1) is 12.0. The molecule has 0 aliphatic carbocycles. The molecule has 0 aliphatic heterocycles. The molecule has 1 N–H and O–H groups in total. The third-order valence-electron chi connectivity index (χ3n) is 3.77. The standard InChI is InChI=1S/C19H19N3O2S/c1-15-4-2-5-16(12-15)14-25(23,24)22-13-18-6-3-9-21-19(18)17-7-10-20-11-8-17/h2-12,22H,13-14H2,1H3. The van der Waals surface area contributed by atoms with Gasteiger partial charge in [-0.2, -0.15) is 0 Å². The second kappa shape index (κ2) is 7.55. The molecule has 3 rings (SSSR count). The smallest absolute Gasteiger partial charge is 0.216 e. The van der Waals surface area contributed by atoms with Gasteiger partial charge in [0.2, 0.25) is 10.0 Å². The Morgan fingerprint density at radius 1 is 1.00 bits per heavy atom. The van der Waals surface area contributed by atoms with Crippen LogP contribution in [0.1, 0.15) is 16.7 Å². The molecule has 0 amide bonds. The van der Waals surface area contributed by atoms with E-state index < -0.39 is 10.0 Å². The molecule has 2 heterocycles. The minimum Gasteiger partial charge on any atom is -0.265 e. The minimum atomic E-state index is -3.44. The lowest BCUT2D eigenvalue weighted by Crippen LogP contribution is -2.25. The number of pyridine rings is 2. The first kappa shape index (κ1) is 17.3. The van der Waals surface area contributed by atoms with Gasteiger partial charge in [-0.25, -0.2) is 13.1 Å². The third kappa shape index (κ3) is 4.71. The average molecular weight is 353 g/mol. The van der Waals surface area contributed by atoms with Crippen LogP contribution in [-0.2, 0) is 22.3 Å². The molecule has 5 nitrogen and oxygen atoms in total. The molecule has 0 aliphatic rings. The Morgan fingerprint density at radius 3 is 2.56 bits per heavy atom. The molecule has 0 saturated heterocycles. The first-order valence-corrected chi connectivity index (χ1v) is 9.56. The monoisotopic (exact) mass is 353 g/mol. The topological polar surface area (TPSA) is 72.0 Å². The van der Waals surface area contributed by atoms with E-state index in [1.165, 1.54) is 0 Å². The van der Waals surface area contributed by atoms with Gasteiger partial charge in [0.15, 0.2) is 0 Å². The number of nitrogens with zero attached hydrogens (tertiary/aromatic N) is 2. The van der Waals surface area contributed by atoms with Crippen LogP contribution in [0.25, 0.3) is 11.3 Å². The van der Waals surface area contributed by atoms with Crippen LogP contribution in [0.5, 0.6) is 0 Å². The molecule has 6 heteroatoms. The fourth-order valence-electron chi connectivity index (χ4n) is 2.61. The van der Waals surface area contributed by atoms with Gasteiger partial charge in [0.05, 0.1) is 11.4 Å². The van der Waals surface area contributed by atoms with E-state index >= 15 is 0 Å². The SMILES string of the molecule is Cc1cccc(CS(=O)(=O)NCc2cccnc2-c2ccncc2)c1. The van der Waals surface area contributed by atoms with E-state index in [0.717, 1.165) is 27.9 Å². The van der Waals surface area contributed by atoms with Gasteiger partial charge < -0.3 is 0 Å². The fraction of sp³-hybridized carbons (Fsp3) is 0.158. The number of rotatable bonds is 6. The zero-order chi connectivity index (χ0) is 17.7. The predicted molar refractivity (Wildman–Crippen MR) is 98.1 cm³/mol. The van der Waals surface area contributed by atoms with Crippen LogP contribution in [-0.4, -0.2) is 18.4 Å². The van der Waals surface area contributed by atoms with E-state index in [-0.39, 0.29) is 12.3 Å². The van der Waals surface area contributed by atoms with Crippen LogP contribution < -0.4 is 4.72 Å². The number of hydrogen-bond acceptors (Lipinski definition) is 4. The van der Waals surface area contributed by atoms with E-state index in [0.29, 0.717) is 0 Å². The Bertz CT molecular complexity index is 957. The predicted octanol–water partition coefficient (Wildman–Crippen LogP) is 3.07. The van der Waals surface area contributed by atoms with Crippen molar-refractivity contribution >= 4 is 10.0 Å². The first-order valence-electron chi connectivity index (χ1n) is 7.91. The fourth-order valence-corrected chi connectivity index (χ4v) is 3.71. The quantitative estimate of drug-likeness (QED) is 0.739. The summed E-state index contributed by atoms with van der Waals surface area (Å²) >= 11 is 0. The molecule has 3 aromatic rings. The van der Waals surface area contributed by atoms with Crippen molar-refractivity contribution in [1.29, 1.82) is 0 Å². The Hall–Kier alpha value is -2.57. The molecule has 0 saturated carbocycles. The van der Waals surface area contributed by atoms with Gasteiger partial charge in [0, 0.05) is 30.7 Å². The zero-order valence-electron chi connectivity index (χ0n) is 13.9. The average Bonchev–Trinajstić information content (AvgIpc) is 2.61. The maximum atomic E-state index is 12.4. The van der Waals surface area contributed by atoms with Crippen molar-refractivity contribution in [2.75, 3.05) is 0 Å². The molecule has 2 aromatic heterocycles. The molecule has 1 aromatic carbocycles.